The largest absolute Gasteiger partial charge is 0.338 e. The number of carbonyl (C=O) groups is 1. The minimum atomic E-state index is -0.0655. The summed E-state index contributed by atoms with van der Waals surface area (Å²) >= 11 is 0. The fraction of sp³-hybridized carbons (Fsp3) is 0.533. The Morgan fingerprint density at radius 1 is 1.17 bits per heavy atom. The number of rotatable bonds is 6. The third-order valence-electron chi connectivity index (χ3n) is 2.76. The van der Waals surface area contributed by atoms with Gasteiger partial charge in [0.1, 0.15) is 0 Å². The second kappa shape index (κ2) is 7.75. The maximum atomic E-state index is 11.5. The Labute approximate surface area is 110 Å². The number of hydrogen-bond donors (Lipinski definition) is 2. The topological polar surface area (TPSA) is 41.1 Å². The third kappa shape index (κ3) is 6.28. The van der Waals surface area contributed by atoms with Gasteiger partial charge in [-0.25, -0.2) is 4.79 Å². The van der Waals surface area contributed by atoms with Crippen LogP contribution in [0, 0.1) is 5.92 Å². The van der Waals surface area contributed by atoms with Crippen LogP contribution in [0.1, 0.15) is 32.8 Å². The standard InChI is InChI=1S/C15H24N2O/c1-12(2)11-16-15(18)17-13(3)9-10-14-7-5-4-6-8-14/h4-8,12-13H,9-11H2,1-3H3,(H2,16,17,18). The lowest BCUT2D eigenvalue weighted by molar-refractivity contribution is 0.236. The quantitative estimate of drug-likeness (QED) is 0.798. The van der Waals surface area contributed by atoms with Crippen molar-refractivity contribution < 1.29 is 4.79 Å². The highest BCUT2D eigenvalue weighted by Gasteiger charge is 2.07. The van der Waals surface area contributed by atoms with Crippen molar-refractivity contribution in [2.45, 2.75) is 39.7 Å². The van der Waals surface area contributed by atoms with Gasteiger partial charge in [-0.15, -0.1) is 0 Å². The Balaban J connectivity index is 2.21. The summed E-state index contributed by atoms with van der Waals surface area (Å²) in [5.74, 6) is 0.482. The van der Waals surface area contributed by atoms with E-state index in [2.05, 4.69) is 36.6 Å². The Morgan fingerprint density at radius 3 is 2.44 bits per heavy atom. The summed E-state index contributed by atoms with van der Waals surface area (Å²) in [5.41, 5.74) is 1.31. The highest BCUT2D eigenvalue weighted by atomic mass is 16.2. The second-order valence-corrected chi connectivity index (χ2v) is 5.17. The van der Waals surface area contributed by atoms with Crippen LogP contribution in [-0.2, 0) is 6.42 Å². The molecule has 1 rings (SSSR count). The first-order chi connectivity index (χ1) is 8.58. The van der Waals surface area contributed by atoms with Crippen LogP contribution in [0.15, 0.2) is 30.3 Å². The normalized spacial score (nSPS) is 12.2. The van der Waals surface area contributed by atoms with E-state index in [9.17, 15) is 4.79 Å². The molecule has 0 spiro atoms. The lowest BCUT2D eigenvalue weighted by Gasteiger charge is -2.15. The minimum absolute atomic E-state index is 0.0655. The van der Waals surface area contributed by atoms with Crippen molar-refractivity contribution in [3.8, 4) is 0 Å². The van der Waals surface area contributed by atoms with E-state index in [4.69, 9.17) is 0 Å². The molecular weight excluding hydrogens is 224 g/mol. The number of benzene rings is 1. The SMILES string of the molecule is CC(C)CNC(=O)NC(C)CCc1ccccc1. The number of aryl methyl sites for hydroxylation is 1. The number of urea groups is 1. The van der Waals surface area contributed by atoms with Gasteiger partial charge in [-0.3, -0.25) is 0 Å². The molecule has 3 heteroatoms. The molecule has 2 amide bonds. The first kappa shape index (κ1) is 14.6. The maximum absolute atomic E-state index is 11.5. The van der Waals surface area contributed by atoms with Gasteiger partial charge in [-0.05, 0) is 31.2 Å². The average molecular weight is 248 g/mol. The summed E-state index contributed by atoms with van der Waals surface area (Å²) in [4.78, 5) is 11.5. The predicted octanol–water partition coefficient (Wildman–Crippen LogP) is 2.96. The minimum Gasteiger partial charge on any atom is -0.338 e. The summed E-state index contributed by atoms with van der Waals surface area (Å²) in [6.07, 6.45) is 1.95. The predicted molar refractivity (Wildman–Crippen MR) is 75.6 cm³/mol. The lowest BCUT2D eigenvalue weighted by atomic mass is 10.1. The van der Waals surface area contributed by atoms with Gasteiger partial charge in [-0.1, -0.05) is 44.2 Å². The van der Waals surface area contributed by atoms with E-state index in [0.717, 1.165) is 19.4 Å². The van der Waals surface area contributed by atoms with Gasteiger partial charge in [-0.2, -0.15) is 0 Å². The third-order valence-corrected chi connectivity index (χ3v) is 2.76. The monoisotopic (exact) mass is 248 g/mol. The molecule has 0 aliphatic rings. The molecule has 0 fully saturated rings. The molecule has 0 aliphatic heterocycles. The molecule has 1 aromatic rings. The number of hydrogen-bond acceptors (Lipinski definition) is 1. The van der Waals surface area contributed by atoms with Crippen LogP contribution in [0.25, 0.3) is 0 Å². The van der Waals surface area contributed by atoms with Gasteiger partial charge < -0.3 is 10.6 Å². The van der Waals surface area contributed by atoms with Gasteiger partial charge >= 0.3 is 6.03 Å². The summed E-state index contributed by atoms with van der Waals surface area (Å²) in [6, 6.07) is 10.5. The van der Waals surface area contributed by atoms with Gasteiger partial charge in [0, 0.05) is 12.6 Å². The maximum Gasteiger partial charge on any atom is 0.315 e. The van der Waals surface area contributed by atoms with Crippen LogP contribution in [-0.4, -0.2) is 18.6 Å². The van der Waals surface area contributed by atoms with E-state index >= 15 is 0 Å². The molecule has 1 atom stereocenters. The second-order valence-electron chi connectivity index (χ2n) is 5.17. The summed E-state index contributed by atoms with van der Waals surface area (Å²) < 4.78 is 0. The Morgan fingerprint density at radius 2 is 1.83 bits per heavy atom. The smallest absolute Gasteiger partial charge is 0.315 e. The van der Waals surface area contributed by atoms with E-state index in [0.29, 0.717) is 5.92 Å². The molecule has 1 aromatic carbocycles. The summed E-state index contributed by atoms with van der Waals surface area (Å²) in [6.45, 7) is 6.92. The number of nitrogens with one attached hydrogen (secondary N) is 2. The highest BCUT2D eigenvalue weighted by Crippen LogP contribution is 2.04. The molecule has 0 aliphatic carbocycles. The van der Waals surface area contributed by atoms with E-state index in [1.54, 1.807) is 0 Å². The summed E-state index contributed by atoms with van der Waals surface area (Å²) in [7, 11) is 0. The first-order valence-electron chi connectivity index (χ1n) is 6.66. The van der Waals surface area contributed by atoms with Crippen molar-refractivity contribution >= 4 is 6.03 Å². The van der Waals surface area contributed by atoms with Crippen molar-refractivity contribution in [1.82, 2.24) is 10.6 Å². The Hall–Kier alpha value is -1.51. The Kier molecular flexibility index (Phi) is 6.26. The number of carbonyl (C=O) groups excluding carboxylic acids is 1. The molecule has 0 aromatic heterocycles. The van der Waals surface area contributed by atoms with Crippen LogP contribution in [0.5, 0.6) is 0 Å². The molecule has 1 unspecified atom stereocenters. The molecule has 3 nitrogen and oxygen atoms in total. The van der Waals surface area contributed by atoms with Crippen molar-refractivity contribution in [3.63, 3.8) is 0 Å². The van der Waals surface area contributed by atoms with Crippen molar-refractivity contribution in [1.29, 1.82) is 0 Å². The zero-order valence-electron chi connectivity index (χ0n) is 11.6. The fourth-order valence-electron chi connectivity index (χ4n) is 1.67. The van der Waals surface area contributed by atoms with E-state index < -0.39 is 0 Å². The van der Waals surface area contributed by atoms with E-state index in [-0.39, 0.29) is 12.1 Å². The van der Waals surface area contributed by atoms with Gasteiger partial charge in [0.2, 0.25) is 0 Å². The first-order valence-corrected chi connectivity index (χ1v) is 6.66. The molecule has 18 heavy (non-hydrogen) atoms. The lowest BCUT2D eigenvalue weighted by Crippen LogP contribution is -2.42. The Bertz CT molecular complexity index is 349. The molecule has 0 bridgehead atoms. The van der Waals surface area contributed by atoms with Crippen molar-refractivity contribution in [2.24, 2.45) is 5.92 Å². The zero-order valence-corrected chi connectivity index (χ0v) is 11.6. The van der Waals surface area contributed by atoms with E-state index in [1.807, 2.05) is 25.1 Å². The van der Waals surface area contributed by atoms with Gasteiger partial charge in [0.15, 0.2) is 0 Å². The van der Waals surface area contributed by atoms with Gasteiger partial charge in [0.05, 0.1) is 0 Å². The van der Waals surface area contributed by atoms with Crippen molar-refractivity contribution in [2.75, 3.05) is 6.54 Å². The molecule has 0 saturated carbocycles. The molecular formula is C15H24N2O. The van der Waals surface area contributed by atoms with Crippen LogP contribution in [0.4, 0.5) is 4.79 Å². The van der Waals surface area contributed by atoms with Crippen LogP contribution in [0.3, 0.4) is 0 Å². The number of amides is 2. The molecule has 0 radical (unpaired) electrons. The van der Waals surface area contributed by atoms with Crippen LogP contribution in [0.2, 0.25) is 0 Å². The van der Waals surface area contributed by atoms with Crippen LogP contribution < -0.4 is 10.6 Å². The van der Waals surface area contributed by atoms with Crippen LogP contribution >= 0.6 is 0 Å². The van der Waals surface area contributed by atoms with E-state index in [1.165, 1.54) is 5.56 Å². The fourth-order valence-corrected chi connectivity index (χ4v) is 1.67. The highest BCUT2D eigenvalue weighted by molar-refractivity contribution is 5.74. The molecule has 0 saturated heterocycles. The molecule has 0 heterocycles. The average Bonchev–Trinajstić information content (AvgIpc) is 2.35. The molecule has 2 N–H and O–H groups in total. The van der Waals surface area contributed by atoms with Crippen molar-refractivity contribution in [3.05, 3.63) is 35.9 Å². The van der Waals surface area contributed by atoms with Gasteiger partial charge in [0.25, 0.3) is 0 Å². The summed E-state index contributed by atoms with van der Waals surface area (Å²) in [5, 5.41) is 5.82. The zero-order chi connectivity index (χ0) is 13.4. The molecule has 100 valence electrons.